The predicted molar refractivity (Wildman–Crippen MR) is 99.0 cm³/mol. The normalized spacial score (nSPS) is 19.3. The molecule has 1 saturated heterocycles. The van der Waals surface area contributed by atoms with Gasteiger partial charge in [-0.2, -0.15) is 0 Å². The van der Waals surface area contributed by atoms with Crippen LogP contribution in [0.4, 0.5) is 10.8 Å². The van der Waals surface area contributed by atoms with Crippen LogP contribution in [0.3, 0.4) is 0 Å². The van der Waals surface area contributed by atoms with E-state index in [1.807, 2.05) is 30.3 Å². The summed E-state index contributed by atoms with van der Waals surface area (Å²) in [5.74, 6) is 2.02. The molecule has 6 nitrogen and oxygen atoms in total. The lowest BCUT2D eigenvalue weighted by Gasteiger charge is -2.32. The van der Waals surface area contributed by atoms with Crippen molar-refractivity contribution in [1.29, 1.82) is 0 Å². The van der Waals surface area contributed by atoms with Crippen LogP contribution in [0, 0.1) is 11.8 Å². The minimum absolute atomic E-state index is 0.360. The molecule has 2 aliphatic rings. The van der Waals surface area contributed by atoms with Gasteiger partial charge in [-0.05, 0) is 43.9 Å². The lowest BCUT2D eigenvalue weighted by molar-refractivity contribution is 0.122. The standard InChI is InChI=1S/C20H25N3O3/c24-20(25)23-10-8-14(9-11-23)12-17(15-6-7-15)22-19-21-13-18(26-19)16-4-2-1-3-5-16/h1-5,13-15,17H,6-12H2,(H,21,22)(H,24,25). The Kier molecular flexibility index (Phi) is 4.82. The number of nitrogens with one attached hydrogen (secondary N) is 1. The van der Waals surface area contributed by atoms with Gasteiger partial charge in [0.25, 0.3) is 6.01 Å². The number of aromatic nitrogens is 1. The maximum absolute atomic E-state index is 11.1. The van der Waals surface area contributed by atoms with Gasteiger partial charge in [0.2, 0.25) is 0 Å². The van der Waals surface area contributed by atoms with Crippen molar-refractivity contribution in [2.75, 3.05) is 18.4 Å². The molecule has 1 aromatic carbocycles. The zero-order chi connectivity index (χ0) is 17.9. The summed E-state index contributed by atoms with van der Waals surface area (Å²) in [6.07, 6.45) is 6.41. The van der Waals surface area contributed by atoms with Crippen molar-refractivity contribution in [3.63, 3.8) is 0 Å². The number of anilines is 1. The van der Waals surface area contributed by atoms with Gasteiger partial charge >= 0.3 is 6.09 Å². The van der Waals surface area contributed by atoms with Gasteiger partial charge in [-0.1, -0.05) is 30.3 Å². The number of nitrogens with zero attached hydrogens (tertiary/aromatic N) is 2. The second-order valence-electron chi connectivity index (χ2n) is 7.43. The number of amides is 1. The molecule has 26 heavy (non-hydrogen) atoms. The number of carboxylic acid groups (broad SMARTS) is 1. The first-order chi connectivity index (χ1) is 12.7. The molecule has 1 saturated carbocycles. The Morgan fingerprint density at radius 2 is 1.96 bits per heavy atom. The topological polar surface area (TPSA) is 78.6 Å². The summed E-state index contributed by atoms with van der Waals surface area (Å²) < 4.78 is 5.91. The summed E-state index contributed by atoms with van der Waals surface area (Å²) >= 11 is 0. The van der Waals surface area contributed by atoms with Gasteiger partial charge in [-0.3, -0.25) is 0 Å². The highest BCUT2D eigenvalue weighted by Gasteiger charge is 2.35. The second-order valence-corrected chi connectivity index (χ2v) is 7.43. The van der Waals surface area contributed by atoms with Crippen molar-refractivity contribution in [2.24, 2.45) is 11.8 Å². The van der Waals surface area contributed by atoms with E-state index in [1.165, 1.54) is 17.7 Å². The van der Waals surface area contributed by atoms with Crippen LogP contribution in [0.1, 0.15) is 32.1 Å². The van der Waals surface area contributed by atoms with Gasteiger partial charge in [-0.25, -0.2) is 9.78 Å². The maximum atomic E-state index is 11.1. The average Bonchev–Trinajstić information content (AvgIpc) is 3.41. The predicted octanol–water partition coefficient (Wildman–Crippen LogP) is 4.31. The molecule has 6 heteroatoms. The van der Waals surface area contributed by atoms with Crippen LogP contribution in [0.2, 0.25) is 0 Å². The lowest BCUT2D eigenvalue weighted by Crippen LogP contribution is -2.39. The van der Waals surface area contributed by atoms with Gasteiger partial charge < -0.3 is 19.7 Å². The van der Waals surface area contributed by atoms with Crippen LogP contribution in [0.15, 0.2) is 40.9 Å². The van der Waals surface area contributed by atoms with Gasteiger partial charge in [0, 0.05) is 24.7 Å². The minimum atomic E-state index is -0.798. The molecule has 1 aromatic heterocycles. The van der Waals surface area contributed by atoms with E-state index in [-0.39, 0.29) is 0 Å². The number of likely N-dealkylation sites (tertiary alicyclic amines) is 1. The number of rotatable bonds is 6. The second kappa shape index (κ2) is 7.40. The summed E-state index contributed by atoms with van der Waals surface area (Å²) in [6, 6.07) is 10.9. The molecular formula is C20H25N3O3. The summed E-state index contributed by atoms with van der Waals surface area (Å²) in [5, 5.41) is 12.6. The molecule has 1 amide bonds. The Morgan fingerprint density at radius 3 is 2.62 bits per heavy atom. The number of carbonyl (C=O) groups is 1. The Labute approximate surface area is 153 Å². The largest absolute Gasteiger partial charge is 0.465 e. The van der Waals surface area contributed by atoms with Crippen LogP contribution < -0.4 is 5.32 Å². The van der Waals surface area contributed by atoms with E-state index in [0.29, 0.717) is 37.0 Å². The number of hydrogen-bond donors (Lipinski definition) is 2. The summed E-state index contributed by atoms with van der Waals surface area (Å²) in [5.41, 5.74) is 1.03. The van der Waals surface area contributed by atoms with E-state index in [0.717, 1.165) is 30.6 Å². The fourth-order valence-corrected chi connectivity index (χ4v) is 3.82. The van der Waals surface area contributed by atoms with Gasteiger partial charge in [-0.15, -0.1) is 0 Å². The van der Waals surface area contributed by atoms with E-state index in [9.17, 15) is 4.79 Å². The summed E-state index contributed by atoms with van der Waals surface area (Å²) in [4.78, 5) is 17.0. The molecule has 1 unspecified atom stereocenters. The quantitative estimate of drug-likeness (QED) is 0.807. The van der Waals surface area contributed by atoms with Gasteiger partial charge in [0.15, 0.2) is 5.76 Å². The molecule has 1 atom stereocenters. The molecule has 2 heterocycles. The van der Waals surface area contributed by atoms with Crippen molar-refractivity contribution >= 4 is 12.1 Å². The third kappa shape index (κ3) is 4.00. The first-order valence-corrected chi connectivity index (χ1v) is 9.44. The zero-order valence-electron chi connectivity index (χ0n) is 14.8. The van der Waals surface area contributed by atoms with E-state index in [2.05, 4.69) is 10.3 Å². The van der Waals surface area contributed by atoms with E-state index in [1.54, 1.807) is 6.20 Å². The Balaban J connectivity index is 1.36. The SMILES string of the molecule is O=C(O)N1CCC(CC(Nc2ncc(-c3ccccc3)o2)C2CC2)CC1. The lowest BCUT2D eigenvalue weighted by atomic mass is 9.89. The third-order valence-corrected chi connectivity index (χ3v) is 5.54. The van der Waals surface area contributed by atoms with Gasteiger partial charge in [0.1, 0.15) is 0 Å². The molecule has 1 aliphatic carbocycles. The first kappa shape index (κ1) is 16.9. The molecule has 1 aliphatic heterocycles. The number of benzene rings is 1. The Morgan fingerprint density at radius 1 is 1.23 bits per heavy atom. The van der Waals surface area contributed by atoms with Crippen molar-refractivity contribution in [3.8, 4) is 11.3 Å². The highest BCUT2D eigenvalue weighted by atomic mass is 16.4. The van der Waals surface area contributed by atoms with Crippen molar-refractivity contribution in [2.45, 2.75) is 38.1 Å². The molecule has 2 N–H and O–H groups in total. The Bertz CT molecular complexity index is 734. The molecule has 0 radical (unpaired) electrons. The van der Waals surface area contributed by atoms with E-state index >= 15 is 0 Å². The Hall–Kier alpha value is -2.50. The summed E-state index contributed by atoms with van der Waals surface area (Å²) in [7, 11) is 0. The van der Waals surface area contributed by atoms with Crippen molar-refractivity contribution in [3.05, 3.63) is 36.5 Å². The fourth-order valence-electron chi connectivity index (χ4n) is 3.82. The van der Waals surface area contributed by atoms with Crippen LogP contribution in [0.25, 0.3) is 11.3 Å². The number of piperidine rings is 1. The highest BCUT2D eigenvalue weighted by Crippen LogP contribution is 2.38. The number of hydrogen-bond acceptors (Lipinski definition) is 4. The van der Waals surface area contributed by atoms with E-state index < -0.39 is 6.09 Å². The molecule has 0 spiro atoms. The highest BCUT2D eigenvalue weighted by molar-refractivity contribution is 5.65. The zero-order valence-corrected chi connectivity index (χ0v) is 14.8. The number of oxazole rings is 1. The average molecular weight is 355 g/mol. The first-order valence-electron chi connectivity index (χ1n) is 9.44. The molecule has 4 rings (SSSR count). The van der Waals surface area contributed by atoms with Crippen molar-refractivity contribution < 1.29 is 14.3 Å². The van der Waals surface area contributed by atoms with E-state index in [4.69, 9.17) is 9.52 Å². The van der Waals surface area contributed by atoms with Crippen molar-refractivity contribution in [1.82, 2.24) is 9.88 Å². The molecule has 2 fully saturated rings. The fraction of sp³-hybridized carbons (Fsp3) is 0.500. The molecule has 0 bridgehead atoms. The van der Waals surface area contributed by atoms with Crippen LogP contribution in [0.5, 0.6) is 0 Å². The minimum Gasteiger partial charge on any atom is -0.465 e. The maximum Gasteiger partial charge on any atom is 0.407 e. The van der Waals surface area contributed by atoms with Gasteiger partial charge in [0.05, 0.1) is 6.20 Å². The molecule has 2 aromatic rings. The summed E-state index contributed by atoms with van der Waals surface area (Å²) in [6.45, 7) is 1.29. The monoisotopic (exact) mass is 355 g/mol. The van der Waals surface area contributed by atoms with Crippen LogP contribution in [-0.2, 0) is 0 Å². The third-order valence-electron chi connectivity index (χ3n) is 5.54. The molecule has 138 valence electrons. The smallest absolute Gasteiger partial charge is 0.407 e. The molecular weight excluding hydrogens is 330 g/mol. The van der Waals surface area contributed by atoms with Crippen LogP contribution >= 0.6 is 0 Å². The van der Waals surface area contributed by atoms with Crippen LogP contribution in [-0.4, -0.2) is 40.2 Å².